The summed E-state index contributed by atoms with van der Waals surface area (Å²) in [5.41, 5.74) is 0.341. The molecule has 0 spiro atoms. The number of rotatable bonds is 8. The summed E-state index contributed by atoms with van der Waals surface area (Å²) in [5, 5.41) is 12.0. The van der Waals surface area contributed by atoms with Crippen LogP contribution >= 0.6 is 0 Å². The number of nitrogens with one attached hydrogen (secondary N) is 1. The van der Waals surface area contributed by atoms with Crippen LogP contribution < -0.4 is 5.32 Å². The first-order chi connectivity index (χ1) is 9.02. The van der Waals surface area contributed by atoms with Crippen molar-refractivity contribution in [2.45, 2.75) is 38.6 Å². The second kappa shape index (κ2) is 7.84. The predicted molar refractivity (Wildman–Crippen MR) is 69.0 cm³/mol. The molecule has 1 aromatic rings. The quantitative estimate of drug-likeness (QED) is 0.715. The minimum Gasteiger partial charge on any atom is -0.480 e. The van der Waals surface area contributed by atoms with E-state index in [2.05, 4.69) is 12.2 Å². The molecule has 2 N–H and O–H groups in total. The minimum atomic E-state index is -1.01. The average molecular weight is 271 g/mol. The highest BCUT2D eigenvalue weighted by atomic mass is 19.1. The van der Waals surface area contributed by atoms with Crippen LogP contribution in [0.3, 0.4) is 0 Å². The lowest BCUT2D eigenvalue weighted by Gasteiger charge is -2.14. The van der Waals surface area contributed by atoms with E-state index in [1.807, 2.05) is 0 Å². The Kier molecular flexibility index (Phi) is 6.42. The number of unbranched alkanes of at least 4 members (excludes halogenated alkanes) is 2. The summed E-state index contributed by atoms with van der Waals surface area (Å²) in [7, 11) is 0. The van der Waals surface area contributed by atoms with E-state index in [0.717, 1.165) is 37.5 Å². The van der Waals surface area contributed by atoms with Gasteiger partial charge in [-0.3, -0.25) is 4.79 Å². The number of hydrogen-bond acceptors (Lipinski definition) is 2. The third kappa shape index (κ3) is 5.79. The number of carboxylic acid groups (broad SMARTS) is 1. The summed E-state index contributed by atoms with van der Waals surface area (Å²) in [6, 6.07) is 2.27. The van der Waals surface area contributed by atoms with E-state index in [4.69, 9.17) is 5.11 Å². The van der Waals surface area contributed by atoms with Crippen molar-refractivity contribution in [2.75, 3.05) is 6.54 Å². The van der Waals surface area contributed by atoms with Crippen LogP contribution in [0.1, 0.15) is 31.7 Å². The van der Waals surface area contributed by atoms with Gasteiger partial charge in [-0.05, 0) is 37.1 Å². The summed E-state index contributed by atoms with van der Waals surface area (Å²) in [4.78, 5) is 11.1. The zero-order valence-electron chi connectivity index (χ0n) is 11.0. The van der Waals surface area contributed by atoms with Crippen molar-refractivity contribution in [3.8, 4) is 0 Å². The smallest absolute Gasteiger partial charge is 0.321 e. The molecular formula is C14H19F2NO2. The third-order valence-electron chi connectivity index (χ3n) is 2.83. The minimum absolute atomic E-state index is 0.0656. The molecule has 0 saturated carbocycles. The van der Waals surface area contributed by atoms with Crippen molar-refractivity contribution in [1.29, 1.82) is 0 Å². The van der Waals surface area contributed by atoms with E-state index in [0.29, 0.717) is 12.1 Å². The molecule has 0 aliphatic rings. The number of hydrogen-bond donors (Lipinski definition) is 2. The number of carboxylic acids is 1. The molecule has 0 heterocycles. The molecule has 106 valence electrons. The Morgan fingerprint density at radius 1 is 1.26 bits per heavy atom. The van der Waals surface area contributed by atoms with Crippen LogP contribution in [-0.4, -0.2) is 23.7 Å². The second-order valence-corrected chi connectivity index (χ2v) is 4.53. The molecule has 0 bridgehead atoms. The maximum atomic E-state index is 13.0. The first kappa shape index (κ1) is 15.6. The summed E-state index contributed by atoms with van der Waals surface area (Å²) >= 11 is 0. The molecule has 0 aromatic heterocycles. The summed E-state index contributed by atoms with van der Waals surface area (Å²) in [6.07, 6.45) is 3.02. The lowest BCUT2D eigenvalue weighted by atomic mass is 10.1. The molecule has 3 nitrogen and oxygen atoms in total. The van der Waals surface area contributed by atoms with Gasteiger partial charge < -0.3 is 10.4 Å². The Hall–Kier alpha value is -1.49. The van der Waals surface area contributed by atoms with Gasteiger partial charge in [0.15, 0.2) is 0 Å². The highest BCUT2D eigenvalue weighted by Crippen LogP contribution is 2.10. The first-order valence-corrected chi connectivity index (χ1v) is 6.44. The molecule has 0 saturated heterocycles. The molecular weight excluding hydrogens is 252 g/mol. The van der Waals surface area contributed by atoms with Crippen molar-refractivity contribution >= 4 is 5.97 Å². The van der Waals surface area contributed by atoms with Gasteiger partial charge in [0, 0.05) is 6.07 Å². The van der Waals surface area contributed by atoms with Crippen molar-refractivity contribution < 1.29 is 18.7 Å². The van der Waals surface area contributed by atoms with Crippen molar-refractivity contribution in [3.05, 3.63) is 35.4 Å². The van der Waals surface area contributed by atoms with Gasteiger partial charge in [-0.1, -0.05) is 19.8 Å². The second-order valence-electron chi connectivity index (χ2n) is 4.53. The average Bonchev–Trinajstić information content (AvgIpc) is 2.31. The van der Waals surface area contributed by atoms with E-state index in [1.165, 1.54) is 0 Å². The highest BCUT2D eigenvalue weighted by molar-refractivity contribution is 5.73. The molecule has 0 aliphatic heterocycles. The Morgan fingerprint density at radius 3 is 2.42 bits per heavy atom. The molecule has 0 fully saturated rings. The van der Waals surface area contributed by atoms with E-state index in [9.17, 15) is 13.6 Å². The Balaban J connectivity index is 2.59. The molecule has 5 heteroatoms. The number of halogens is 2. The van der Waals surface area contributed by atoms with Crippen LogP contribution in [0.25, 0.3) is 0 Å². The van der Waals surface area contributed by atoms with Crippen LogP contribution in [0.15, 0.2) is 18.2 Å². The normalized spacial score (nSPS) is 12.4. The van der Waals surface area contributed by atoms with Gasteiger partial charge in [-0.25, -0.2) is 8.78 Å². The standard InChI is InChI=1S/C14H19F2NO2/c1-2-3-4-5-17-13(14(18)19)8-10-6-11(15)9-12(16)7-10/h6-7,9,13,17H,2-5,8H2,1H3,(H,18,19). The fourth-order valence-corrected chi connectivity index (χ4v) is 1.86. The molecule has 1 atom stereocenters. The maximum absolute atomic E-state index is 13.0. The molecule has 0 aliphatic carbocycles. The zero-order valence-corrected chi connectivity index (χ0v) is 11.0. The van der Waals surface area contributed by atoms with E-state index in [1.54, 1.807) is 0 Å². The van der Waals surface area contributed by atoms with Crippen molar-refractivity contribution in [1.82, 2.24) is 5.32 Å². The molecule has 1 unspecified atom stereocenters. The first-order valence-electron chi connectivity index (χ1n) is 6.44. The SMILES string of the molecule is CCCCCNC(Cc1cc(F)cc(F)c1)C(=O)O. The number of aliphatic carboxylic acids is 1. The predicted octanol–water partition coefficient (Wildman–Crippen LogP) is 2.74. The van der Waals surface area contributed by atoms with Gasteiger partial charge in [-0.2, -0.15) is 0 Å². The molecule has 0 amide bonds. The fraction of sp³-hybridized carbons (Fsp3) is 0.500. The van der Waals surface area contributed by atoms with Gasteiger partial charge in [-0.15, -0.1) is 0 Å². The van der Waals surface area contributed by atoms with Gasteiger partial charge in [0.1, 0.15) is 17.7 Å². The Labute approximate surface area is 111 Å². The van der Waals surface area contributed by atoms with Crippen LogP contribution in [0.4, 0.5) is 8.78 Å². The molecule has 19 heavy (non-hydrogen) atoms. The lowest BCUT2D eigenvalue weighted by Crippen LogP contribution is -2.39. The van der Waals surface area contributed by atoms with Crippen LogP contribution in [0.5, 0.6) is 0 Å². The Morgan fingerprint density at radius 2 is 1.89 bits per heavy atom. The van der Waals surface area contributed by atoms with Gasteiger partial charge in [0.05, 0.1) is 0 Å². The zero-order chi connectivity index (χ0) is 14.3. The highest BCUT2D eigenvalue weighted by Gasteiger charge is 2.17. The molecule has 0 radical (unpaired) electrons. The number of carbonyl (C=O) groups is 1. The maximum Gasteiger partial charge on any atom is 0.321 e. The van der Waals surface area contributed by atoms with Gasteiger partial charge in [0.25, 0.3) is 0 Å². The molecule has 1 rings (SSSR count). The molecule has 1 aromatic carbocycles. The third-order valence-corrected chi connectivity index (χ3v) is 2.83. The largest absolute Gasteiger partial charge is 0.480 e. The summed E-state index contributed by atoms with van der Waals surface area (Å²) in [5.74, 6) is -2.39. The van der Waals surface area contributed by atoms with Gasteiger partial charge >= 0.3 is 5.97 Å². The number of benzene rings is 1. The summed E-state index contributed by atoms with van der Waals surface area (Å²) in [6.45, 7) is 2.65. The van der Waals surface area contributed by atoms with Crippen molar-refractivity contribution in [2.24, 2.45) is 0 Å². The van der Waals surface area contributed by atoms with Gasteiger partial charge in [0.2, 0.25) is 0 Å². The van der Waals surface area contributed by atoms with Crippen molar-refractivity contribution in [3.63, 3.8) is 0 Å². The topological polar surface area (TPSA) is 49.3 Å². The van der Waals surface area contributed by atoms with Crippen LogP contribution in [-0.2, 0) is 11.2 Å². The Bertz CT molecular complexity index is 404. The van der Waals surface area contributed by atoms with Crippen LogP contribution in [0.2, 0.25) is 0 Å². The van der Waals surface area contributed by atoms with Crippen LogP contribution in [0, 0.1) is 11.6 Å². The monoisotopic (exact) mass is 271 g/mol. The van der Waals surface area contributed by atoms with E-state index in [-0.39, 0.29) is 6.42 Å². The fourth-order valence-electron chi connectivity index (χ4n) is 1.86. The van der Waals surface area contributed by atoms with E-state index >= 15 is 0 Å². The van der Waals surface area contributed by atoms with E-state index < -0.39 is 23.6 Å². The lowest BCUT2D eigenvalue weighted by molar-refractivity contribution is -0.139. The summed E-state index contributed by atoms with van der Waals surface area (Å²) < 4.78 is 26.0.